The third kappa shape index (κ3) is 44.5. The maximum atomic E-state index is 13.0. The number of alkyl halides is 21. The summed E-state index contributed by atoms with van der Waals surface area (Å²) in [6, 6.07) is 45.9. The van der Waals surface area contributed by atoms with Gasteiger partial charge in [0.2, 0.25) is 0 Å². The van der Waals surface area contributed by atoms with Gasteiger partial charge in [-0.25, -0.2) is 5.90 Å². The minimum absolute atomic E-state index is 0. The van der Waals surface area contributed by atoms with Crippen molar-refractivity contribution in [2.24, 2.45) is 26.5 Å². The first-order valence-corrected chi connectivity index (χ1v) is 44.4. The molecule has 10 aromatic carbocycles. The van der Waals surface area contributed by atoms with Crippen molar-refractivity contribution in [3.63, 3.8) is 0 Å². The Morgan fingerprint density at radius 1 is 0.411 bits per heavy atom. The molecule has 3 heterocycles. The number of carbonyl (C=O) groups is 2. The van der Waals surface area contributed by atoms with E-state index in [1.165, 1.54) is 23.9 Å². The molecule has 754 valence electrons. The van der Waals surface area contributed by atoms with Crippen LogP contribution in [0.25, 0.3) is 6.08 Å². The first kappa shape index (κ1) is 131. The second-order valence-electron chi connectivity index (χ2n) is 30.2. The monoisotopic (exact) mass is 2420 g/mol. The summed E-state index contributed by atoms with van der Waals surface area (Å²) in [6.07, 6.45) is -26.0. The summed E-state index contributed by atoms with van der Waals surface area (Å²) >= 11 is 20.1. The van der Waals surface area contributed by atoms with E-state index < -0.39 is 100 Å². The van der Waals surface area contributed by atoms with E-state index in [2.05, 4.69) is 158 Å². The van der Waals surface area contributed by atoms with Gasteiger partial charge < -0.3 is 41.3 Å². The molecule has 15 nitrogen and oxygen atoms in total. The summed E-state index contributed by atoms with van der Waals surface area (Å²) in [7, 11) is 0. The normalized spacial score (nSPS) is 14.0. The quantitative estimate of drug-likeness (QED) is 0.0156. The molecule has 0 saturated carbocycles. The molecule has 0 radical (unpaired) electrons. The molecule has 0 aliphatic carbocycles. The number of nitriles is 1. The minimum atomic E-state index is -4.81. The number of oxime groups is 4. The smallest absolute Gasteiger partial charge is 1.00 e. The van der Waals surface area contributed by atoms with Crippen molar-refractivity contribution in [3.05, 3.63) is 349 Å². The molecule has 0 fully saturated rings. The molecule has 4 N–H and O–H groups in total. The molecule has 141 heavy (non-hydrogen) atoms. The number of aryl methyl sites for hydroxylation is 7. The zero-order valence-corrected chi connectivity index (χ0v) is 89.4. The molecule has 0 aromatic heterocycles. The number of carbonyl (C=O) groups excluding carboxylic acids is 2. The van der Waals surface area contributed by atoms with Crippen LogP contribution in [0.2, 0.25) is 0 Å². The first-order chi connectivity index (χ1) is 63.8. The molecular formula is C96H88Br6ClF21N6Na2O9. The number of halogens is 28. The summed E-state index contributed by atoms with van der Waals surface area (Å²) in [4.78, 5) is 37.7. The Bertz CT molecular complexity index is 5610. The van der Waals surface area contributed by atoms with Crippen molar-refractivity contribution in [2.45, 2.75) is 175 Å². The second-order valence-corrected chi connectivity index (χ2v) is 35.3. The van der Waals surface area contributed by atoms with Crippen LogP contribution in [-0.4, -0.2) is 46.5 Å². The number of hydrogen-bond acceptors (Lipinski definition) is 15. The van der Waals surface area contributed by atoms with Crippen LogP contribution in [0.3, 0.4) is 0 Å². The van der Waals surface area contributed by atoms with Crippen molar-refractivity contribution in [3.8, 4) is 6.07 Å². The van der Waals surface area contributed by atoms with Gasteiger partial charge in [0.15, 0.2) is 18.3 Å². The van der Waals surface area contributed by atoms with Gasteiger partial charge in [-0.2, -0.15) is 97.5 Å². The molecule has 3 aliphatic heterocycles. The second kappa shape index (κ2) is 60.2. The molecule has 0 amide bonds. The largest absolute Gasteiger partial charge is 1.00 e. The first-order valence-electron chi connectivity index (χ1n) is 39.6. The average molecular weight is 2430 g/mol. The van der Waals surface area contributed by atoms with Crippen LogP contribution in [0.15, 0.2) is 236 Å². The van der Waals surface area contributed by atoms with Crippen molar-refractivity contribution in [1.82, 2.24) is 0 Å². The molecule has 45 heteroatoms. The molecule has 13 rings (SSSR count). The summed E-state index contributed by atoms with van der Waals surface area (Å²) in [5.74, 6) is 3.50. The van der Waals surface area contributed by atoms with E-state index in [9.17, 15) is 97.0 Å². The number of hydrogen-bond donors (Lipinski definition) is 3. The molecular weight excluding hydrogens is 2340 g/mol. The molecule has 1 unspecified atom stereocenters. The Hall–Kier alpha value is -7.97. The van der Waals surface area contributed by atoms with E-state index in [0.29, 0.717) is 117 Å². The van der Waals surface area contributed by atoms with Gasteiger partial charge in [0.25, 0.3) is 6.47 Å². The van der Waals surface area contributed by atoms with Gasteiger partial charge in [0.05, 0.1) is 68.6 Å². The number of nitrogens with zero attached hydrogens (tertiary/aromatic N) is 5. The Morgan fingerprint density at radius 2 is 0.667 bits per heavy atom. The van der Waals surface area contributed by atoms with Crippen molar-refractivity contribution < 1.29 is 197 Å². The SMILES string of the molecule is C.C=Cc1cc(C(F)(F)F)cc(C(F)(F)F)c1.Cc1cc(C2CC(Cc3cc(C)ccc3Br)=NO2)cc(C(F)(F)F)c1.Cc1cc([C@@H]2CC(Cc3cc(C)ccc3Br)=NO2)cc(C(F)(F)F)c1.Cc1cc([C@H]2CC(Cc3cc(C)ccc3Br)=NO2)cc(C(F)(F)F)c1.Cc1ccc(Br)c(C/C=N/O)c1.Cl.N#CCc1cc(C(F)(F)F)ccc1Br.NO.O=CCc1cc(C(F)(F)F)ccc1Br.O=CO[O-].[H-].[Na+].[Na+]. The van der Waals surface area contributed by atoms with Crippen LogP contribution in [0.4, 0.5) is 92.2 Å². The van der Waals surface area contributed by atoms with Gasteiger partial charge in [-0.3, -0.25) is 4.79 Å². The van der Waals surface area contributed by atoms with E-state index in [-0.39, 0.29) is 111 Å². The summed E-state index contributed by atoms with van der Waals surface area (Å²) in [5.41, 5.74) is 9.08. The fraction of sp³-hybridized carbons (Fsp3) is 0.281. The van der Waals surface area contributed by atoms with Gasteiger partial charge in [0.1, 0.15) is 6.29 Å². The third-order valence-electron chi connectivity index (χ3n) is 19.2. The molecule has 0 spiro atoms. The van der Waals surface area contributed by atoms with Crippen LogP contribution in [0, 0.1) is 59.8 Å². The van der Waals surface area contributed by atoms with Crippen molar-refractivity contribution in [2.75, 3.05) is 0 Å². The Balaban J connectivity index is 0.00000163. The summed E-state index contributed by atoms with van der Waals surface area (Å²) in [5, 5.41) is 46.8. The average Bonchev–Trinajstić information content (AvgIpc) is 1.64. The number of rotatable bonds is 16. The maximum Gasteiger partial charge on any atom is 1.00 e. The summed E-state index contributed by atoms with van der Waals surface area (Å²) in [6.45, 7) is 16.0. The van der Waals surface area contributed by atoms with Gasteiger partial charge in [0, 0.05) is 84.4 Å². The molecule has 3 aliphatic rings. The molecule has 0 saturated heterocycles. The van der Waals surface area contributed by atoms with Crippen LogP contribution in [0.5, 0.6) is 0 Å². The van der Waals surface area contributed by atoms with E-state index in [1.54, 1.807) is 45.0 Å². The number of aldehydes is 1. The van der Waals surface area contributed by atoms with Gasteiger partial charge in [-0.1, -0.05) is 237 Å². The van der Waals surface area contributed by atoms with E-state index in [4.69, 9.17) is 40.2 Å². The fourth-order valence-electron chi connectivity index (χ4n) is 12.9. The van der Waals surface area contributed by atoms with E-state index in [0.717, 1.165) is 141 Å². The van der Waals surface area contributed by atoms with E-state index in [1.807, 2.05) is 76.2 Å². The van der Waals surface area contributed by atoms with Crippen LogP contribution >= 0.6 is 108 Å². The Morgan fingerprint density at radius 3 is 0.929 bits per heavy atom. The zero-order valence-electron chi connectivity index (χ0n) is 76.1. The number of benzene rings is 10. The molecule has 0 bridgehead atoms. The van der Waals surface area contributed by atoms with Gasteiger partial charge in [-0.05, 0) is 219 Å². The fourth-order valence-corrected chi connectivity index (χ4v) is 15.2. The molecule has 3 atom stereocenters. The Labute approximate surface area is 901 Å². The molecule has 10 aromatic rings. The van der Waals surface area contributed by atoms with Gasteiger partial charge in [-0.15, -0.1) is 17.6 Å². The van der Waals surface area contributed by atoms with E-state index >= 15 is 0 Å². The van der Waals surface area contributed by atoms with Crippen LogP contribution < -0.4 is 70.3 Å². The Kier molecular flexibility index (Phi) is 56.0. The maximum absolute atomic E-state index is 13.0. The third-order valence-corrected chi connectivity index (χ3v) is 23.8. The predicted octanol–water partition coefficient (Wildman–Crippen LogP) is 25.3. The summed E-state index contributed by atoms with van der Waals surface area (Å²) < 4.78 is 269. The van der Waals surface area contributed by atoms with Crippen molar-refractivity contribution >= 4 is 150 Å². The number of nitrogens with two attached hydrogens (primary N) is 1. The minimum Gasteiger partial charge on any atom is -1.00 e. The zero-order chi connectivity index (χ0) is 103. The van der Waals surface area contributed by atoms with Crippen LogP contribution in [-0.2, 0) is 111 Å². The van der Waals surface area contributed by atoms with Gasteiger partial charge >= 0.3 is 102 Å². The topological polar surface area (TPSA) is 234 Å². The standard InChI is InChI=1S/3C19H17BrF3NO.C10H6F6.C9H5BrF3N.C9H6BrF3O.C9H10BrNO.CH2O3.CH4.ClH.H3NO.2Na.H/c3*1-11-3-4-17(20)13(5-11)9-16-10-18(25-24-16)14-6-12(2)7-15(8-14)19(21,22)23;1-2-6-3-7(9(11,12)13)5-8(4-6)10(14,15)16;2*10-8-2-1-7(9(11,12)13)5-6(8)3-4-14;1-7-2-3-9(10)8(6-7)4-5-11-12;2-1-4-3;;;1-2;;;/h3*3-8,18H,9-10H2,1-2H3;2-5H,1H2;1-2,5H,3H2;1-2,4-5H,3H2;2-3,5-6,12H,4H2,1H3;1,3H;1H4;1H;2H,1H2;;;/q;;;;;;;;;;;2*+1;-1/p-1/b;;;;;;11-5+;;;;;;;/t2*18-;;;;;;;;;;;;/m10............/s1. The van der Waals surface area contributed by atoms with Crippen molar-refractivity contribution in [1.29, 1.82) is 5.26 Å². The van der Waals surface area contributed by atoms with Crippen LogP contribution in [0.1, 0.15) is 180 Å². The predicted molar refractivity (Wildman–Crippen MR) is 509 cm³/mol.